The molecule has 0 saturated heterocycles. The summed E-state index contributed by atoms with van der Waals surface area (Å²) in [6, 6.07) is 20.8. The van der Waals surface area contributed by atoms with Crippen molar-refractivity contribution in [3.63, 3.8) is 0 Å². The second kappa shape index (κ2) is 7.06. The lowest BCUT2D eigenvalue weighted by molar-refractivity contribution is 0.598. The molecule has 0 radical (unpaired) electrons. The van der Waals surface area contributed by atoms with Crippen LogP contribution in [0.5, 0.6) is 0 Å². The Morgan fingerprint density at radius 2 is 1.54 bits per heavy atom. The van der Waals surface area contributed by atoms with Crippen LogP contribution in [0.2, 0.25) is 0 Å². The zero-order valence-corrected chi connectivity index (χ0v) is 13.5. The largest absolute Gasteiger partial charge is 0.338 e. The Labute approximate surface area is 140 Å². The van der Waals surface area contributed by atoms with E-state index in [1.54, 1.807) is 54.9 Å². The molecule has 0 atom stereocenters. The van der Waals surface area contributed by atoms with Crippen LogP contribution in [0.15, 0.2) is 94.5 Å². The quantitative estimate of drug-likeness (QED) is 0.585. The topological polar surface area (TPSA) is 71.4 Å². The highest BCUT2D eigenvalue weighted by atomic mass is 32.2. The third-order valence-corrected chi connectivity index (χ3v) is 4.51. The molecule has 1 heterocycles. The average molecular weight is 337 g/mol. The standard InChI is InChI=1S/C18H15N3O2S/c22-24(23,17-11-5-2-6-12-17)21-18(15-8-3-1-4-9-15)20-16-10-7-13-19-14-16/h1-14H,(H,20,21). The van der Waals surface area contributed by atoms with Crippen LogP contribution >= 0.6 is 0 Å². The minimum atomic E-state index is -3.82. The first kappa shape index (κ1) is 15.9. The molecule has 3 rings (SSSR count). The molecule has 0 bridgehead atoms. The van der Waals surface area contributed by atoms with Gasteiger partial charge in [-0.05, 0) is 24.3 Å². The van der Waals surface area contributed by atoms with Gasteiger partial charge in [0.15, 0.2) is 5.84 Å². The molecule has 0 unspecified atom stereocenters. The van der Waals surface area contributed by atoms with Crippen LogP contribution in [0.25, 0.3) is 0 Å². The third kappa shape index (κ3) is 3.85. The van der Waals surface area contributed by atoms with E-state index in [1.165, 1.54) is 12.1 Å². The summed E-state index contributed by atoms with van der Waals surface area (Å²) in [5.41, 5.74) is 1.32. The summed E-state index contributed by atoms with van der Waals surface area (Å²) in [5, 5.41) is 3.03. The van der Waals surface area contributed by atoms with Gasteiger partial charge in [-0.1, -0.05) is 48.5 Å². The van der Waals surface area contributed by atoms with Crippen molar-refractivity contribution in [2.45, 2.75) is 4.90 Å². The van der Waals surface area contributed by atoms with Crippen molar-refractivity contribution in [1.29, 1.82) is 0 Å². The lowest BCUT2D eigenvalue weighted by Crippen LogP contribution is -2.16. The molecule has 0 spiro atoms. The Bertz CT molecular complexity index is 926. The van der Waals surface area contributed by atoms with Crippen LogP contribution in [-0.2, 0) is 10.0 Å². The highest BCUT2D eigenvalue weighted by Crippen LogP contribution is 2.15. The molecule has 0 fully saturated rings. The fourth-order valence-corrected chi connectivity index (χ4v) is 3.08. The number of hydrogen-bond donors (Lipinski definition) is 1. The van der Waals surface area contributed by atoms with Gasteiger partial charge in [0.05, 0.1) is 16.8 Å². The van der Waals surface area contributed by atoms with Gasteiger partial charge >= 0.3 is 0 Å². The van der Waals surface area contributed by atoms with Gasteiger partial charge in [-0.2, -0.15) is 8.42 Å². The number of aromatic nitrogens is 1. The molecule has 120 valence electrons. The van der Waals surface area contributed by atoms with E-state index < -0.39 is 10.0 Å². The zero-order valence-electron chi connectivity index (χ0n) is 12.7. The highest BCUT2D eigenvalue weighted by Gasteiger charge is 2.15. The zero-order chi connectivity index (χ0) is 16.8. The molecule has 0 aliphatic heterocycles. The SMILES string of the molecule is O=S(=O)(/N=C(/Nc1cccnc1)c1ccccc1)c1ccccc1. The van der Waals surface area contributed by atoms with Crippen molar-refractivity contribution in [2.75, 3.05) is 5.32 Å². The second-order valence-electron chi connectivity index (χ2n) is 4.96. The molecule has 5 nitrogen and oxygen atoms in total. The van der Waals surface area contributed by atoms with Gasteiger partial charge in [0, 0.05) is 11.8 Å². The van der Waals surface area contributed by atoms with Crippen LogP contribution in [0.1, 0.15) is 5.56 Å². The first-order valence-corrected chi connectivity index (χ1v) is 8.72. The van der Waals surface area contributed by atoms with Crippen LogP contribution in [0.4, 0.5) is 5.69 Å². The van der Waals surface area contributed by atoms with Crippen LogP contribution in [0.3, 0.4) is 0 Å². The second-order valence-corrected chi connectivity index (χ2v) is 6.56. The van der Waals surface area contributed by atoms with Gasteiger partial charge < -0.3 is 5.32 Å². The lowest BCUT2D eigenvalue weighted by atomic mass is 10.2. The summed E-state index contributed by atoms with van der Waals surface area (Å²) in [4.78, 5) is 4.16. The summed E-state index contributed by atoms with van der Waals surface area (Å²) in [5.74, 6) is 0.243. The first-order chi connectivity index (χ1) is 11.6. The first-order valence-electron chi connectivity index (χ1n) is 7.28. The van der Waals surface area contributed by atoms with Crippen LogP contribution in [-0.4, -0.2) is 19.2 Å². The van der Waals surface area contributed by atoms with Gasteiger partial charge in [0.25, 0.3) is 10.0 Å². The summed E-state index contributed by atoms with van der Waals surface area (Å²) >= 11 is 0. The van der Waals surface area contributed by atoms with Gasteiger partial charge in [-0.25, -0.2) is 0 Å². The Morgan fingerprint density at radius 1 is 0.875 bits per heavy atom. The summed E-state index contributed by atoms with van der Waals surface area (Å²) in [6.45, 7) is 0. The highest BCUT2D eigenvalue weighted by molar-refractivity contribution is 7.90. The van der Waals surface area contributed by atoms with Crippen LogP contribution < -0.4 is 5.32 Å². The number of nitrogens with zero attached hydrogens (tertiary/aromatic N) is 2. The molecular weight excluding hydrogens is 322 g/mol. The van der Waals surface area contributed by atoms with E-state index in [4.69, 9.17) is 0 Å². The average Bonchev–Trinajstić information content (AvgIpc) is 2.63. The van der Waals surface area contributed by atoms with Crippen molar-refractivity contribution in [3.8, 4) is 0 Å². The fraction of sp³-hybridized carbons (Fsp3) is 0. The third-order valence-electron chi connectivity index (χ3n) is 3.22. The molecule has 6 heteroatoms. The van der Waals surface area contributed by atoms with E-state index in [0.717, 1.165) is 0 Å². The predicted molar refractivity (Wildman–Crippen MR) is 94.5 cm³/mol. The molecule has 1 aromatic heterocycles. The van der Waals surface area contributed by atoms with Crippen molar-refractivity contribution < 1.29 is 8.42 Å². The smallest absolute Gasteiger partial charge is 0.284 e. The number of rotatable bonds is 4. The molecule has 2 aromatic carbocycles. The summed E-state index contributed by atoms with van der Waals surface area (Å²) in [6.07, 6.45) is 3.25. The van der Waals surface area contributed by atoms with E-state index >= 15 is 0 Å². The number of hydrogen-bond acceptors (Lipinski definition) is 3. The van der Waals surface area contributed by atoms with E-state index in [9.17, 15) is 8.42 Å². The number of nitrogens with one attached hydrogen (secondary N) is 1. The van der Waals surface area contributed by atoms with Crippen molar-refractivity contribution in [3.05, 3.63) is 90.8 Å². The Kier molecular flexibility index (Phi) is 4.67. The van der Waals surface area contributed by atoms with Gasteiger partial charge in [-0.3, -0.25) is 4.98 Å². The Balaban J connectivity index is 2.04. The normalized spacial score (nSPS) is 11.9. The van der Waals surface area contributed by atoms with E-state index in [1.807, 2.05) is 18.2 Å². The lowest BCUT2D eigenvalue weighted by Gasteiger charge is -2.10. The number of anilines is 1. The molecule has 0 amide bonds. The number of amidine groups is 1. The minimum absolute atomic E-state index is 0.145. The van der Waals surface area contributed by atoms with E-state index in [-0.39, 0.29) is 10.7 Å². The minimum Gasteiger partial charge on any atom is -0.338 e. The summed E-state index contributed by atoms with van der Waals surface area (Å²) in [7, 11) is -3.82. The molecule has 1 N–H and O–H groups in total. The molecule has 0 aliphatic rings. The molecule has 0 aliphatic carbocycles. The monoisotopic (exact) mass is 337 g/mol. The number of pyridine rings is 1. The molecule has 24 heavy (non-hydrogen) atoms. The fourth-order valence-electron chi connectivity index (χ4n) is 2.08. The van der Waals surface area contributed by atoms with Crippen molar-refractivity contribution in [1.82, 2.24) is 4.98 Å². The maximum atomic E-state index is 12.6. The van der Waals surface area contributed by atoms with Crippen molar-refractivity contribution in [2.24, 2.45) is 4.40 Å². The van der Waals surface area contributed by atoms with E-state index in [2.05, 4.69) is 14.7 Å². The number of sulfonamides is 1. The van der Waals surface area contributed by atoms with E-state index in [0.29, 0.717) is 11.3 Å². The van der Waals surface area contributed by atoms with Gasteiger partial charge in [-0.15, -0.1) is 4.40 Å². The van der Waals surface area contributed by atoms with Gasteiger partial charge in [0.2, 0.25) is 0 Å². The molecule has 0 saturated carbocycles. The predicted octanol–water partition coefficient (Wildman–Crippen LogP) is 3.33. The Hall–Kier alpha value is -2.99. The maximum absolute atomic E-state index is 12.6. The Morgan fingerprint density at radius 3 is 2.17 bits per heavy atom. The summed E-state index contributed by atoms with van der Waals surface area (Å²) < 4.78 is 29.1. The maximum Gasteiger partial charge on any atom is 0.284 e. The molecule has 3 aromatic rings. The van der Waals surface area contributed by atoms with Gasteiger partial charge in [0.1, 0.15) is 0 Å². The van der Waals surface area contributed by atoms with Crippen molar-refractivity contribution >= 4 is 21.5 Å². The van der Waals surface area contributed by atoms with Crippen LogP contribution in [0, 0.1) is 0 Å². The molecular formula is C18H15N3O2S. The number of benzene rings is 2.